The lowest BCUT2D eigenvalue weighted by Gasteiger charge is -2.07. The fourth-order valence-electron chi connectivity index (χ4n) is 1.51. The number of H-pyrrole nitrogens is 1. The molecule has 2 aromatic rings. The zero-order chi connectivity index (χ0) is 11.7. The topological polar surface area (TPSA) is 52.5 Å². The SMILES string of the molecule is Cc1c(-c2ccn[nH]2)cc(F)c(C#N)c1Cl. The van der Waals surface area contributed by atoms with Crippen molar-refractivity contribution in [3.05, 3.63) is 40.3 Å². The third-order valence-electron chi connectivity index (χ3n) is 2.37. The Morgan fingerprint density at radius 3 is 2.88 bits per heavy atom. The summed E-state index contributed by atoms with van der Waals surface area (Å²) in [6.45, 7) is 1.73. The predicted octanol–water partition coefficient (Wildman–Crippen LogP) is 3.05. The van der Waals surface area contributed by atoms with E-state index in [0.29, 0.717) is 16.8 Å². The van der Waals surface area contributed by atoms with Crippen LogP contribution in [0.3, 0.4) is 0 Å². The Balaban J connectivity index is 2.72. The first kappa shape index (κ1) is 10.7. The molecule has 0 radical (unpaired) electrons. The molecule has 1 aromatic carbocycles. The molecule has 80 valence electrons. The minimum atomic E-state index is -0.622. The minimum Gasteiger partial charge on any atom is -0.278 e. The molecule has 0 aliphatic heterocycles. The molecule has 0 bridgehead atoms. The van der Waals surface area contributed by atoms with E-state index in [1.807, 2.05) is 0 Å². The van der Waals surface area contributed by atoms with Crippen molar-refractivity contribution in [1.29, 1.82) is 5.26 Å². The van der Waals surface area contributed by atoms with Gasteiger partial charge in [0.15, 0.2) is 0 Å². The Kier molecular flexibility index (Phi) is 2.63. The van der Waals surface area contributed by atoms with Gasteiger partial charge in [-0.25, -0.2) is 4.39 Å². The van der Waals surface area contributed by atoms with Crippen LogP contribution < -0.4 is 0 Å². The van der Waals surface area contributed by atoms with E-state index in [2.05, 4.69) is 10.2 Å². The Hall–Kier alpha value is -1.86. The molecule has 16 heavy (non-hydrogen) atoms. The fourth-order valence-corrected chi connectivity index (χ4v) is 1.74. The van der Waals surface area contributed by atoms with Crippen molar-refractivity contribution in [3.8, 4) is 17.3 Å². The lowest BCUT2D eigenvalue weighted by atomic mass is 10.0. The maximum absolute atomic E-state index is 13.5. The minimum absolute atomic E-state index is 0.123. The molecule has 0 saturated heterocycles. The average molecular weight is 236 g/mol. The molecule has 3 nitrogen and oxygen atoms in total. The molecule has 0 aliphatic rings. The van der Waals surface area contributed by atoms with Crippen LogP contribution in [-0.4, -0.2) is 10.2 Å². The van der Waals surface area contributed by atoms with E-state index in [4.69, 9.17) is 16.9 Å². The average Bonchev–Trinajstić information content (AvgIpc) is 2.77. The molecule has 0 fully saturated rings. The molecule has 0 saturated carbocycles. The smallest absolute Gasteiger partial charge is 0.143 e. The first-order chi connectivity index (χ1) is 7.65. The third kappa shape index (κ3) is 1.55. The maximum atomic E-state index is 13.5. The molecule has 1 heterocycles. The first-order valence-electron chi connectivity index (χ1n) is 4.53. The highest BCUT2D eigenvalue weighted by molar-refractivity contribution is 6.32. The van der Waals surface area contributed by atoms with Gasteiger partial charge in [-0.05, 0) is 24.6 Å². The summed E-state index contributed by atoms with van der Waals surface area (Å²) >= 11 is 5.92. The van der Waals surface area contributed by atoms with Crippen molar-refractivity contribution in [2.45, 2.75) is 6.92 Å². The van der Waals surface area contributed by atoms with Gasteiger partial charge in [0.1, 0.15) is 17.4 Å². The van der Waals surface area contributed by atoms with E-state index in [1.165, 1.54) is 6.07 Å². The zero-order valence-corrected chi connectivity index (χ0v) is 9.14. The van der Waals surface area contributed by atoms with E-state index in [-0.39, 0.29) is 10.6 Å². The molecule has 0 amide bonds. The van der Waals surface area contributed by atoms with Crippen LogP contribution in [0.1, 0.15) is 11.1 Å². The Morgan fingerprint density at radius 2 is 2.31 bits per heavy atom. The molecule has 2 rings (SSSR count). The van der Waals surface area contributed by atoms with Gasteiger partial charge >= 0.3 is 0 Å². The van der Waals surface area contributed by atoms with E-state index in [0.717, 1.165) is 0 Å². The fraction of sp³-hybridized carbons (Fsp3) is 0.0909. The molecule has 1 aromatic heterocycles. The van der Waals surface area contributed by atoms with Crippen LogP contribution in [0.2, 0.25) is 5.02 Å². The summed E-state index contributed by atoms with van der Waals surface area (Å²) in [5.41, 5.74) is 1.81. The van der Waals surface area contributed by atoms with Crippen molar-refractivity contribution >= 4 is 11.6 Å². The molecule has 0 spiro atoms. The van der Waals surface area contributed by atoms with Gasteiger partial charge in [0.25, 0.3) is 0 Å². The van der Waals surface area contributed by atoms with Crippen LogP contribution in [0.15, 0.2) is 18.3 Å². The second kappa shape index (κ2) is 3.95. The standard InChI is InChI=1S/C11H7ClFN3/c1-6-7(10-2-3-15-16-10)4-9(13)8(5-14)11(6)12/h2-4H,1H3,(H,15,16). The van der Waals surface area contributed by atoms with Crippen LogP contribution in [-0.2, 0) is 0 Å². The van der Waals surface area contributed by atoms with Gasteiger partial charge in [0.05, 0.1) is 10.7 Å². The van der Waals surface area contributed by atoms with Crippen LogP contribution in [0.25, 0.3) is 11.3 Å². The third-order valence-corrected chi connectivity index (χ3v) is 2.84. The maximum Gasteiger partial charge on any atom is 0.143 e. The largest absolute Gasteiger partial charge is 0.278 e. The van der Waals surface area contributed by atoms with E-state index in [1.54, 1.807) is 25.3 Å². The number of halogens is 2. The number of aromatic nitrogens is 2. The summed E-state index contributed by atoms with van der Waals surface area (Å²) in [5.74, 6) is -0.622. The molecule has 1 N–H and O–H groups in total. The summed E-state index contributed by atoms with van der Waals surface area (Å²) in [7, 11) is 0. The van der Waals surface area contributed by atoms with Crippen molar-refractivity contribution in [2.75, 3.05) is 0 Å². The van der Waals surface area contributed by atoms with Gasteiger partial charge < -0.3 is 0 Å². The number of nitrogens with one attached hydrogen (secondary N) is 1. The van der Waals surface area contributed by atoms with Gasteiger partial charge in [0, 0.05) is 11.8 Å². The van der Waals surface area contributed by atoms with Crippen LogP contribution >= 0.6 is 11.6 Å². The van der Waals surface area contributed by atoms with Crippen LogP contribution in [0.5, 0.6) is 0 Å². The van der Waals surface area contributed by atoms with E-state index in [9.17, 15) is 4.39 Å². The molecular formula is C11H7ClFN3. The normalized spacial score (nSPS) is 10.1. The lowest BCUT2D eigenvalue weighted by Crippen LogP contribution is -1.93. The highest BCUT2D eigenvalue weighted by Gasteiger charge is 2.15. The zero-order valence-electron chi connectivity index (χ0n) is 8.38. The summed E-state index contributed by atoms with van der Waals surface area (Å²) in [5, 5.41) is 15.4. The number of nitriles is 1. The highest BCUT2D eigenvalue weighted by Crippen LogP contribution is 2.31. The van der Waals surface area contributed by atoms with Crippen molar-refractivity contribution < 1.29 is 4.39 Å². The number of hydrogen-bond donors (Lipinski definition) is 1. The van der Waals surface area contributed by atoms with Gasteiger partial charge in [-0.2, -0.15) is 10.4 Å². The number of benzene rings is 1. The van der Waals surface area contributed by atoms with Gasteiger partial charge in [-0.15, -0.1) is 0 Å². The molecule has 0 aliphatic carbocycles. The van der Waals surface area contributed by atoms with Gasteiger partial charge in [-0.1, -0.05) is 11.6 Å². The summed E-state index contributed by atoms with van der Waals surface area (Å²) < 4.78 is 13.5. The Bertz CT molecular complexity index is 570. The quantitative estimate of drug-likeness (QED) is 0.826. The Morgan fingerprint density at radius 1 is 1.56 bits per heavy atom. The van der Waals surface area contributed by atoms with Crippen molar-refractivity contribution in [1.82, 2.24) is 10.2 Å². The van der Waals surface area contributed by atoms with Crippen LogP contribution in [0.4, 0.5) is 4.39 Å². The van der Waals surface area contributed by atoms with Gasteiger partial charge in [0.2, 0.25) is 0 Å². The number of nitrogens with zero attached hydrogens (tertiary/aromatic N) is 2. The highest BCUT2D eigenvalue weighted by atomic mass is 35.5. The molecular weight excluding hydrogens is 229 g/mol. The predicted molar refractivity (Wildman–Crippen MR) is 58.4 cm³/mol. The van der Waals surface area contributed by atoms with E-state index >= 15 is 0 Å². The second-order valence-electron chi connectivity index (χ2n) is 3.30. The molecule has 0 atom stereocenters. The number of hydrogen-bond acceptors (Lipinski definition) is 2. The van der Waals surface area contributed by atoms with Crippen molar-refractivity contribution in [2.24, 2.45) is 0 Å². The molecule has 0 unspecified atom stereocenters. The van der Waals surface area contributed by atoms with Gasteiger partial charge in [-0.3, -0.25) is 5.10 Å². The summed E-state index contributed by atoms with van der Waals surface area (Å²) in [6, 6.07) is 4.74. The monoisotopic (exact) mass is 235 g/mol. The molecule has 5 heteroatoms. The van der Waals surface area contributed by atoms with Crippen molar-refractivity contribution in [3.63, 3.8) is 0 Å². The second-order valence-corrected chi connectivity index (χ2v) is 3.68. The summed E-state index contributed by atoms with van der Waals surface area (Å²) in [6.07, 6.45) is 1.57. The van der Waals surface area contributed by atoms with Crippen LogP contribution in [0, 0.1) is 24.1 Å². The first-order valence-corrected chi connectivity index (χ1v) is 4.91. The van der Waals surface area contributed by atoms with E-state index < -0.39 is 5.82 Å². The number of aromatic amines is 1. The number of rotatable bonds is 1. The Labute approximate surface area is 96.5 Å². The lowest BCUT2D eigenvalue weighted by molar-refractivity contribution is 0.624. The summed E-state index contributed by atoms with van der Waals surface area (Å²) in [4.78, 5) is 0.